The van der Waals surface area contributed by atoms with Crippen molar-refractivity contribution in [2.24, 2.45) is 0 Å². The Morgan fingerprint density at radius 2 is 0.812 bits per heavy atom. The van der Waals surface area contributed by atoms with Gasteiger partial charge >= 0.3 is 5.97 Å². The minimum absolute atomic E-state index is 0.128. The van der Waals surface area contributed by atoms with Crippen molar-refractivity contribution in [2.45, 2.75) is 397 Å². The second kappa shape index (κ2) is 61.8. The van der Waals surface area contributed by atoms with E-state index in [1.165, 1.54) is 225 Å². The lowest BCUT2D eigenvalue weighted by atomic mass is 9.99. The van der Waals surface area contributed by atoms with E-state index in [1.54, 1.807) is 6.08 Å². The molecule has 1 aliphatic heterocycles. The third-order valence-corrected chi connectivity index (χ3v) is 17.2. The molecule has 8 atom stereocenters. The molecule has 85 heavy (non-hydrogen) atoms. The smallest absolute Gasteiger partial charge is 0.306 e. The number of amides is 1. The molecule has 498 valence electrons. The quantitative estimate of drug-likeness (QED) is 0.0195. The zero-order valence-electron chi connectivity index (χ0n) is 55.5. The maximum atomic E-state index is 13.5. The van der Waals surface area contributed by atoms with Gasteiger partial charge in [0.05, 0.1) is 25.4 Å². The van der Waals surface area contributed by atoms with Crippen LogP contribution in [0.15, 0.2) is 48.6 Å². The standard InChI is InChI=1S/C74H137NO10/c1-4-7-10-13-16-19-22-25-27-29-31-33-35-36-38-40-43-46-49-52-55-58-61-67(78)73(82)75-65(66(77)60-57-54-51-48-45-42-24-21-18-15-12-9-6-3)64-83-74-72(71(81)70(80)68(63-76)84-74)85-69(79)62-59-56-53-50-47-44-41-39-37-34-32-30-28-26-23-20-17-14-11-8-5-2/h16,19,25,27,31,33,57,60,65-68,70-72,74,76-78,80-81H,4-15,17-18,20-24,26,28-30,32,34-56,58-59,61-64H2,1-3H3,(H,75,82)/b19-16-,27-25-,33-31-,60-57+. The third-order valence-electron chi connectivity index (χ3n) is 17.2. The molecular weight excluding hydrogens is 1060 g/mol. The van der Waals surface area contributed by atoms with Gasteiger partial charge in [-0.25, -0.2) is 0 Å². The monoisotopic (exact) mass is 1200 g/mol. The van der Waals surface area contributed by atoms with E-state index in [9.17, 15) is 35.1 Å². The largest absolute Gasteiger partial charge is 0.454 e. The van der Waals surface area contributed by atoms with E-state index in [4.69, 9.17) is 14.2 Å². The van der Waals surface area contributed by atoms with E-state index in [0.717, 1.165) is 77.0 Å². The number of hydrogen-bond donors (Lipinski definition) is 6. The fraction of sp³-hybridized carbons (Fsp3) is 0.865. The van der Waals surface area contributed by atoms with Gasteiger partial charge in [0.1, 0.15) is 24.4 Å². The highest BCUT2D eigenvalue weighted by Crippen LogP contribution is 2.26. The summed E-state index contributed by atoms with van der Waals surface area (Å²) in [5.41, 5.74) is 0. The Hall–Kier alpha value is -2.38. The van der Waals surface area contributed by atoms with Crippen LogP contribution in [-0.4, -0.2) is 99.6 Å². The van der Waals surface area contributed by atoms with Gasteiger partial charge in [0.15, 0.2) is 12.4 Å². The number of nitrogens with one attached hydrogen (secondary N) is 1. The molecule has 0 aromatic rings. The summed E-state index contributed by atoms with van der Waals surface area (Å²) >= 11 is 0. The predicted octanol–water partition coefficient (Wildman–Crippen LogP) is 18.7. The van der Waals surface area contributed by atoms with E-state index in [1.807, 2.05) is 6.08 Å². The Kier molecular flexibility index (Phi) is 58.7. The highest BCUT2D eigenvalue weighted by atomic mass is 16.7. The summed E-state index contributed by atoms with van der Waals surface area (Å²) in [4.78, 5) is 26.7. The first-order chi connectivity index (χ1) is 41.7. The number of ether oxygens (including phenoxy) is 3. The number of unbranched alkanes of at least 4 members (excludes halogenated alkanes) is 43. The average Bonchev–Trinajstić information content (AvgIpc) is 3.19. The number of carbonyl (C=O) groups is 2. The highest BCUT2D eigenvalue weighted by molar-refractivity contribution is 5.80. The molecule has 6 N–H and O–H groups in total. The molecule has 1 saturated heterocycles. The molecule has 11 nitrogen and oxygen atoms in total. The van der Waals surface area contributed by atoms with Crippen LogP contribution in [0.25, 0.3) is 0 Å². The summed E-state index contributed by atoms with van der Waals surface area (Å²) in [7, 11) is 0. The molecular formula is C74H137NO10. The molecule has 0 saturated carbocycles. The molecule has 1 heterocycles. The molecule has 1 amide bonds. The van der Waals surface area contributed by atoms with Crippen LogP contribution >= 0.6 is 0 Å². The molecule has 0 bridgehead atoms. The maximum Gasteiger partial charge on any atom is 0.306 e. The minimum Gasteiger partial charge on any atom is -0.454 e. The Morgan fingerprint density at radius 1 is 0.459 bits per heavy atom. The van der Waals surface area contributed by atoms with Gasteiger partial charge in [0.25, 0.3) is 0 Å². The van der Waals surface area contributed by atoms with E-state index in [2.05, 4.69) is 62.5 Å². The molecule has 0 radical (unpaired) electrons. The molecule has 1 rings (SSSR count). The summed E-state index contributed by atoms with van der Waals surface area (Å²) in [5.74, 6) is -1.18. The molecule has 8 unspecified atom stereocenters. The summed E-state index contributed by atoms with van der Waals surface area (Å²) in [6, 6.07) is -1.03. The first-order valence-corrected chi connectivity index (χ1v) is 36.4. The lowest BCUT2D eigenvalue weighted by Crippen LogP contribution is -2.61. The zero-order chi connectivity index (χ0) is 61.7. The molecule has 1 aliphatic rings. The van der Waals surface area contributed by atoms with Gasteiger partial charge in [-0.05, 0) is 64.2 Å². The first kappa shape index (κ1) is 80.6. The van der Waals surface area contributed by atoms with Crippen LogP contribution in [0.5, 0.6) is 0 Å². The van der Waals surface area contributed by atoms with E-state index in [-0.39, 0.29) is 19.4 Å². The fourth-order valence-electron chi connectivity index (χ4n) is 11.5. The number of esters is 1. The van der Waals surface area contributed by atoms with Crippen LogP contribution in [0, 0.1) is 0 Å². The second-order valence-corrected chi connectivity index (χ2v) is 25.3. The average molecular weight is 1200 g/mol. The Balaban J connectivity index is 2.58. The van der Waals surface area contributed by atoms with E-state index in [0.29, 0.717) is 12.8 Å². The summed E-state index contributed by atoms with van der Waals surface area (Å²) in [6.07, 6.45) is 67.2. The molecule has 0 spiro atoms. The second-order valence-electron chi connectivity index (χ2n) is 25.3. The minimum atomic E-state index is -1.61. The van der Waals surface area contributed by atoms with Crippen molar-refractivity contribution in [1.29, 1.82) is 0 Å². The van der Waals surface area contributed by atoms with Crippen molar-refractivity contribution in [2.75, 3.05) is 13.2 Å². The van der Waals surface area contributed by atoms with Gasteiger partial charge in [-0.3, -0.25) is 9.59 Å². The number of aliphatic hydroxyl groups excluding tert-OH is 5. The van der Waals surface area contributed by atoms with Crippen molar-refractivity contribution in [3.63, 3.8) is 0 Å². The number of aliphatic hydroxyl groups is 5. The summed E-state index contributed by atoms with van der Waals surface area (Å²) < 4.78 is 17.7. The van der Waals surface area contributed by atoms with Crippen LogP contribution in [0.1, 0.15) is 348 Å². The molecule has 11 heteroatoms. The van der Waals surface area contributed by atoms with Crippen molar-refractivity contribution in [1.82, 2.24) is 5.32 Å². The van der Waals surface area contributed by atoms with Crippen LogP contribution < -0.4 is 5.32 Å². The van der Waals surface area contributed by atoms with Crippen molar-refractivity contribution in [3.8, 4) is 0 Å². The van der Waals surface area contributed by atoms with Gasteiger partial charge < -0.3 is 45.1 Å². The van der Waals surface area contributed by atoms with Crippen LogP contribution in [0.2, 0.25) is 0 Å². The van der Waals surface area contributed by atoms with E-state index < -0.39 is 67.4 Å². The maximum absolute atomic E-state index is 13.5. The number of hydrogen-bond acceptors (Lipinski definition) is 10. The molecule has 0 aromatic carbocycles. The Labute approximate surface area is 523 Å². The number of allylic oxidation sites excluding steroid dienone is 7. The highest BCUT2D eigenvalue weighted by Gasteiger charge is 2.47. The van der Waals surface area contributed by atoms with Crippen LogP contribution in [-0.2, 0) is 23.8 Å². The third kappa shape index (κ3) is 49.1. The van der Waals surface area contributed by atoms with Crippen LogP contribution in [0.3, 0.4) is 0 Å². The summed E-state index contributed by atoms with van der Waals surface area (Å²) in [5, 5.41) is 57.3. The van der Waals surface area contributed by atoms with Gasteiger partial charge in [-0.15, -0.1) is 0 Å². The Morgan fingerprint density at radius 3 is 1.24 bits per heavy atom. The van der Waals surface area contributed by atoms with Gasteiger partial charge in [-0.2, -0.15) is 0 Å². The zero-order valence-corrected chi connectivity index (χ0v) is 55.5. The predicted molar refractivity (Wildman–Crippen MR) is 357 cm³/mol. The normalized spacial score (nSPS) is 18.6. The van der Waals surface area contributed by atoms with Crippen LogP contribution in [0.4, 0.5) is 0 Å². The lowest BCUT2D eigenvalue weighted by Gasteiger charge is -2.41. The van der Waals surface area contributed by atoms with Crippen molar-refractivity contribution < 1.29 is 49.3 Å². The first-order valence-electron chi connectivity index (χ1n) is 36.4. The fourth-order valence-corrected chi connectivity index (χ4v) is 11.5. The number of rotatable bonds is 63. The van der Waals surface area contributed by atoms with Crippen molar-refractivity contribution in [3.05, 3.63) is 48.6 Å². The van der Waals surface area contributed by atoms with Gasteiger partial charge in [-0.1, -0.05) is 326 Å². The molecule has 0 aliphatic carbocycles. The molecule has 1 fully saturated rings. The summed E-state index contributed by atoms with van der Waals surface area (Å²) in [6.45, 7) is 5.82. The van der Waals surface area contributed by atoms with E-state index >= 15 is 0 Å². The Bertz CT molecular complexity index is 1570. The topological polar surface area (TPSA) is 175 Å². The SMILES string of the molecule is CCCCC/C=C\C/C=C\C/C=C\CCCCCCCCCCCC(O)C(=O)NC(COC1OC(CO)C(O)C(O)C1OC(=O)CCCCCCCCCCCCCCCCCCCCCCC)C(O)/C=C/CCCCCCCCCCCCC. The lowest BCUT2D eigenvalue weighted by molar-refractivity contribution is -0.305. The van der Waals surface area contributed by atoms with Gasteiger partial charge in [0.2, 0.25) is 5.91 Å². The number of carbonyl (C=O) groups excluding carboxylic acids is 2. The van der Waals surface area contributed by atoms with Gasteiger partial charge in [0, 0.05) is 6.42 Å². The van der Waals surface area contributed by atoms with Crippen molar-refractivity contribution >= 4 is 11.9 Å². The molecule has 0 aromatic heterocycles.